The highest BCUT2D eigenvalue weighted by Gasteiger charge is 2.29. The number of carbonyl (C=O) groups is 5. The van der Waals surface area contributed by atoms with Gasteiger partial charge < -0.3 is 32.5 Å². The number of aliphatic carboxylic acids is 1. The zero-order valence-corrected chi connectivity index (χ0v) is 18.2. The van der Waals surface area contributed by atoms with Crippen molar-refractivity contribution in [3.8, 4) is 0 Å². The Morgan fingerprint density at radius 2 is 1.53 bits per heavy atom. The van der Waals surface area contributed by atoms with Crippen LogP contribution in [-0.2, 0) is 30.4 Å². The number of hydrogen-bond acceptors (Lipinski definition) is 6. The molecule has 0 aliphatic heterocycles. The minimum Gasteiger partial charge on any atom is -0.480 e. The number of rotatable bonds is 13. The molecule has 0 saturated heterocycles. The van der Waals surface area contributed by atoms with Crippen molar-refractivity contribution >= 4 is 29.6 Å². The quantitative estimate of drug-likeness (QED) is 0.214. The molecule has 0 heterocycles. The van der Waals surface area contributed by atoms with Gasteiger partial charge in [0.2, 0.25) is 23.6 Å². The van der Waals surface area contributed by atoms with Gasteiger partial charge in [-0.1, -0.05) is 44.2 Å². The molecule has 0 aliphatic rings. The summed E-state index contributed by atoms with van der Waals surface area (Å²) in [7, 11) is 0. The van der Waals surface area contributed by atoms with Crippen LogP contribution in [0.5, 0.6) is 0 Å². The lowest BCUT2D eigenvalue weighted by Gasteiger charge is -2.24. The molecule has 32 heavy (non-hydrogen) atoms. The predicted octanol–water partition coefficient (Wildman–Crippen LogP) is -1.35. The zero-order chi connectivity index (χ0) is 24.3. The first-order chi connectivity index (χ1) is 15.0. The molecule has 0 saturated carbocycles. The molecule has 4 amide bonds. The van der Waals surface area contributed by atoms with Crippen LogP contribution < -0.4 is 27.4 Å². The number of primary amides is 1. The standard InChI is InChI=1S/C21H31N5O6/c1-12(2)8-15(25-19(30)14(22)9-13-6-4-3-5-7-13)21(32)26-16(10-17(23)27)20(31)24-11-18(28)29/h3-7,12,14-16H,8-11,22H2,1-2H3,(H2,23,27)(H,24,31)(H,25,30)(H,26,32)(H,28,29). The molecule has 1 aromatic carbocycles. The van der Waals surface area contributed by atoms with Crippen molar-refractivity contribution < 1.29 is 29.1 Å². The van der Waals surface area contributed by atoms with Crippen molar-refractivity contribution in [1.82, 2.24) is 16.0 Å². The topological polar surface area (TPSA) is 194 Å². The Bertz CT molecular complexity index is 814. The van der Waals surface area contributed by atoms with Gasteiger partial charge in [-0.15, -0.1) is 0 Å². The Balaban J connectivity index is 2.86. The maximum absolute atomic E-state index is 12.8. The monoisotopic (exact) mass is 449 g/mol. The molecule has 0 bridgehead atoms. The van der Waals surface area contributed by atoms with E-state index < -0.39 is 60.7 Å². The fourth-order valence-electron chi connectivity index (χ4n) is 2.91. The number of nitrogens with two attached hydrogens (primary N) is 2. The van der Waals surface area contributed by atoms with Gasteiger partial charge in [0.05, 0.1) is 12.5 Å². The van der Waals surface area contributed by atoms with Gasteiger partial charge in [0.15, 0.2) is 0 Å². The molecule has 1 rings (SSSR count). The number of carboxylic acids is 1. The lowest BCUT2D eigenvalue weighted by Crippen LogP contribution is -2.57. The van der Waals surface area contributed by atoms with E-state index in [0.717, 1.165) is 5.56 Å². The van der Waals surface area contributed by atoms with Gasteiger partial charge in [-0.25, -0.2) is 0 Å². The summed E-state index contributed by atoms with van der Waals surface area (Å²) in [4.78, 5) is 59.6. The molecule has 8 N–H and O–H groups in total. The highest BCUT2D eigenvalue weighted by atomic mass is 16.4. The fourth-order valence-corrected chi connectivity index (χ4v) is 2.91. The van der Waals surface area contributed by atoms with Gasteiger partial charge in [0.1, 0.15) is 18.6 Å². The smallest absolute Gasteiger partial charge is 0.322 e. The number of benzene rings is 1. The second-order valence-corrected chi connectivity index (χ2v) is 7.83. The third-order valence-electron chi connectivity index (χ3n) is 4.43. The SMILES string of the molecule is CC(C)CC(NC(=O)C(N)Cc1ccccc1)C(=O)NC(CC(N)=O)C(=O)NCC(=O)O. The van der Waals surface area contributed by atoms with Crippen LogP contribution in [0.1, 0.15) is 32.3 Å². The van der Waals surface area contributed by atoms with E-state index in [9.17, 15) is 24.0 Å². The van der Waals surface area contributed by atoms with E-state index in [1.807, 2.05) is 44.2 Å². The molecular weight excluding hydrogens is 418 g/mol. The van der Waals surface area contributed by atoms with Gasteiger partial charge in [-0.2, -0.15) is 0 Å². The zero-order valence-electron chi connectivity index (χ0n) is 18.2. The second kappa shape index (κ2) is 13.1. The van der Waals surface area contributed by atoms with Crippen LogP contribution in [0, 0.1) is 5.92 Å². The van der Waals surface area contributed by atoms with E-state index in [4.69, 9.17) is 16.6 Å². The third-order valence-corrected chi connectivity index (χ3v) is 4.43. The largest absolute Gasteiger partial charge is 0.480 e. The number of carbonyl (C=O) groups excluding carboxylic acids is 4. The first-order valence-electron chi connectivity index (χ1n) is 10.2. The Morgan fingerprint density at radius 1 is 0.938 bits per heavy atom. The lowest BCUT2D eigenvalue weighted by molar-refractivity contribution is -0.138. The summed E-state index contributed by atoms with van der Waals surface area (Å²) in [5, 5.41) is 15.8. The summed E-state index contributed by atoms with van der Waals surface area (Å²) >= 11 is 0. The highest BCUT2D eigenvalue weighted by Crippen LogP contribution is 2.08. The van der Waals surface area contributed by atoms with E-state index in [2.05, 4.69) is 16.0 Å². The number of nitrogens with one attached hydrogen (secondary N) is 3. The van der Waals surface area contributed by atoms with E-state index in [1.165, 1.54) is 0 Å². The van der Waals surface area contributed by atoms with Gasteiger partial charge in [0, 0.05) is 0 Å². The van der Waals surface area contributed by atoms with Crippen molar-refractivity contribution in [2.75, 3.05) is 6.54 Å². The van der Waals surface area contributed by atoms with Crippen molar-refractivity contribution in [3.05, 3.63) is 35.9 Å². The maximum Gasteiger partial charge on any atom is 0.322 e. The van der Waals surface area contributed by atoms with Crippen LogP contribution in [0.4, 0.5) is 0 Å². The molecule has 0 aromatic heterocycles. The van der Waals surface area contributed by atoms with Gasteiger partial charge >= 0.3 is 5.97 Å². The Kier molecular flexibility index (Phi) is 10.8. The summed E-state index contributed by atoms with van der Waals surface area (Å²) in [6, 6.07) is 5.83. The van der Waals surface area contributed by atoms with E-state index in [1.54, 1.807) is 0 Å². The molecule has 0 spiro atoms. The Morgan fingerprint density at radius 3 is 2.06 bits per heavy atom. The molecule has 11 nitrogen and oxygen atoms in total. The first-order valence-corrected chi connectivity index (χ1v) is 10.2. The Hall–Kier alpha value is -3.47. The molecular formula is C21H31N5O6. The van der Waals surface area contributed by atoms with Crippen molar-refractivity contribution in [2.45, 2.75) is 51.2 Å². The van der Waals surface area contributed by atoms with E-state index >= 15 is 0 Å². The van der Waals surface area contributed by atoms with Gasteiger partial charge in [0.25, 0.3) is 0 Å². The Labute approximate surface area is 186 Å². The van der Waals surface area contributed by atoms with Crippen LogP contribution in [0.15, 0.2) is 30.3 Å². The van der Waals surface area contributed by atoms with Crippen LogP contribution in [0.2, 0.25) is 0 Å². The maximum atomic E-state index is 12.8. The van der Waals surface area contributed by atoms with E-state index in [-0.39, 0.29) is 18.8 Å². The minimum atomic E-state index is -1.39. The van der Waals surface area contributed by atoms with Gasteiger partial charge in [-0.3, -0.25) is 24.0 Å². The van der Waals surface area contributed by atoms with Crippen LogP contribution >= 0.6 is 0 Å². The van der Waals surface area contributed by atoms with Crippen LogP contribution in [0.25, 0.3) is 0 Å². The number of amides is 4. The summed E-state index contributed by atoms with van der Waals surface area (Å²) in [5.74, 6) is -4.29. The molecule has 3 unspecified atom stereocenters. The lowest BCUT2D eigenvalue weighted by atomic mass is 10.0. The molecule has 1 aromatic rings. The van der Waals surface area contributed by atoms with E-state index in [0.29, 0.717) is 0 Å². The molecule has 3 atom stereocenters. The fraction of sp³-hybridized carbons (Fsp3) is 0.476. The first kappa shape index (κ1) is 26.6. The summed E-state index contributed by atoms with van der Waals surface area (Å²) in [6.07, 6.45) is -0.0205. The van der Waals surface area contributed by atoms with Crippen molar-refractivity contribution in [3.63, 3.8) is 0 Å². The minimum absolute atomic E-state index is 0.00632. The second-order valence-electron chi connectivity index (χ2n) is 7.83. The number of carboxylic acid groups (broad SMARTS) is 1. The van der Waals surface area contributed by atoms with Crippen LogP contribution in [-0.4, -0.2) is 59.4 Å². The summed E-state index contributed by atoms with van der Waals surface area (Å²) < 4.78 is 0. The average molecular weight is 450 g/mol. The molecule has 176 valence electrons. The van der Waals surface area contributed by atoms with Crippen molar-refractivity contribution in [2.24, 2.45) is 17.4 Å². The van der Waals surface area contributed by atoms with Gasteiger partial charge in [-0.05, 0) is 24.3 Å². The normalized spacial score (nSPS) is 13.5. The molecule has 0 radical (unpaired) electrons. The number of hydrogen-bond donors (Lipinski definition) is 6. The highest BCUT2D eigenvalue weighted by molar-refractivity contribution is 5.95. The predicted molar refractivity (Wildman–Crippen MR) is 116 cm³/mol. The third kappa shape index (κ3) is 10.0. The summed E-state index contributed by atoms with van der Waals surface area (Å²) in [5.41, 5.74) is 12.0. The molecule has 0 aliphatic carbocycles. The molecule has 0 fully saturated rings. The van der Waals surface area contributed by atoms with Crippen molar-refractivity contribution in [1.29, 1.82) is 0 Å². The van der Waals surface area contributed by atoms with Crippen LogP contribution in [0.3, 0.4) is 0 Å². The average Bonchev–Trinajstić information content (AvgIpc) is 2.70. The summed E-state index contributed by atoms with van der Waals surface area (Å²) in [6.45, 7) is 3.00. The molecule has 11 heteroatoms.